The molecule has 0 atom stereocenters. The Morgan fingerprint density at radius 2 is 2.25 bits per heavy atom. The van der Waals surface area contributed by atoms with Crippen molar-refractivity contribution >= 4 is 34.2 Å². The third-order valence-corrected chi connectivity index (χ3v) is 2.92. The summed E-state index contributed by atoms with van der Waals surface area (Å²) >= 11 is 1.68. The fourth-order valence-corrected chi connectivity index (χ4v) is 1.79. The van der Waals surface area contributed by atoms with Gasteiger partial charge in [-0.05, 0) is 28.7 Å². The molecule has 0 bridgehead atoms. The summed E-state index contributed by atoms with van der Waals surface area (Å²) in [5.41, 5.74) is -0.207. The molecule has 0 aliphatic carbocycles. The Kier molecular flexibility index (Phi) is 3.78. The van der Waals surface area contributed by atoms with Gasteiger partial charge in [0.25, 0.3) is 5.69 Å². The number of hydrogen-bond donors (Lipinski definition) is 0. The molecule has 82 valence electrons. The predicted octanol–water partition coefficient (Wildman–Crippen LogP) is 1.86. The van der Waals surface area contributed by atoms with Gasteiger partial charge < -0.3 is 4.74 Å². The number of carbonyl (C=O) groups is 1. The third-order valence-electron chi connectivity index (χ3n) is 1.78. The molecule has 0 spiro atoms. The van der Waals surface area contributed by atoms with Crippen LogP contribution in [0.2, 0.25) is 0 Å². The lowest BCUT2D eigenvalue weighted by molar-refractivity contribution is -0.385. The van der Waals surface area contributed by atoms with E-state index in [4.69, 9.17) is 5.26 Å². The van der Waals surface area contributed by atoms with Crippen molar-refractivity contribution in [3.63, 3.8) is 0 Å². The number of methoxy groups -OCH3 is 1. The van der Waals surface area contributed by atoms with E-state index in [1.165, 1.54) is 13.2 Å². The molecule has 1 aromatic rings. The third kappa shape index (κ3) is 2.27. The van der Waals surface area contributed by atoms with Crippen LogP contribution in [-0.2, 0) is 4.74 Å². The van der Waals surface area contributed by atoms with Crippen molar-refractivity contribution < 1.29 is 14.5 Å². The first-order valence-electron chi connectivity index (χ1n) is 3.97. The van der Waals surface area contributed by atoms with Gasteiger partial charge in [-0.1, -0.05) is 0 Å². The average Bonchev–Trinajstić information content (AvgIpc) is 2.28. The van der Waals surface area contributed by atoms with Crippen molar-refractivity contribution in [3.05, 3.63) is 36.9 Å². The molecule has 0 aromatic heterocycles. The molecule has 0 unspecified atom stereocenters. The molecule has 0 radical (unpaired) electrons. The van der Waals surface area contributed by atoms with Crippen LogP contribution in [0.3, 0.4) is 0 Å². The first-order chi connectivity index (χ1) is 7.51. The number of benzene rings is 1. The van der Waals surface area contributed by atoms with Gasteiger partial charge in [-0.3, -0.25) is 10.1 Å². The zero-order valence-corrected chi connectivity index (χ0v) is 10.2. The largest absolute Gasteiger partial charge is 0.465 e. The normalized spacial score (nSPS) is 9.31. The highest BCUT2D eigenvalue weighted by Gasteiger charge is 2.22. The van der Waals surface area contributed by atoms with E-state index in [2.05, 4.69) is 4.74 Å². The molecule has 6 nitrogen and oxygen atoms in total. The summed E-state index contributed by atoms with van der Waals surface area (Å²) in [7, 11) is 1.17. The summed E-state index contributed by atoms with van der Waals surface area (Å²) in [5.74, 6) is -0.704. The standard InChI is InChI=1S/C9H5IN2O4/c1-16-9(13)6-2-5(4-11)3-7(8(6)10)12(14)15/h2-3H,1H3. The highest BCUT2D eigenvalue weighted by atomic mass is 127. The van der Waals surface area contributed by atoms with Crippen molar-refractivity contribution in [1.82, 2.24) is 0 Å². The summed E-state index contributed by atoms with van der Waals surface area (Å²) in [6.07, 6.45) is 0. The highest BCUT2D eigenvalue weighted by Crippen LogP contribution is 2.26. The van der Waals surface area contributed by atoms with E-state index in [-0.39, 0.29) is 20.4 Å². The quantitative estimate of drug-likeness (QED) is 0.357. The summed E-state index contributed by atoms with van der Waals surface area (Å²) in [6, 6.07) is 4.14. The van der Waals surface area contributed by atoms with Gasteiger partial charge in [0, 0.05) is 6.07 Å². The molecule has 0 amide bonds. The number of nitro groups is 1. The minimum Gasteiger partial charge on any atom is -0.465 e. The first kappa shape index (κ1) is 12.4. The SMILES string of the molecule is COC(=O)c1cc(C#N)cc([N+](=O)[O-])c1I. The van der Waals surface area contributed by atoms with E-state index in [1.54, 1.807) is 28.7 Å². The summed E-state index contributed by atoms with van der Waals surface area (Å²) in [4.78, 5) is 21.4. The molecule has 0 heterocycles. The number of rotatable bonds is 2. The monoisotopic (exact) mass is 332 g/mol. The van der Waals surface area contributed by atoms with Gasteiger partial charge in [-0.15, -0.1) is 0 Å². The Morgan fingerprint density at radius 1 is 1.62 bits per heavy atom. The van der Waals surface area contributed by atoms with Crippen molar-refractivity contribution in [1.29, 1.82) is 5.26 Å². The van der Waals surface area contributed by atoms with E-state index in [1.807, 2.05) is 0 Å². The second kappa shape index (κ2) is 4.89. The molecule has 0 N–H and O–H groups in total. The Labute approximate surface area is 104 Å². The van der Waals surface area contributed by atoms with Crippen LogP contribution < -0.4 is 0 Å². The second-order valence-corrected chi connectivity index (χ2v) is 3.80. The zero-order chi connectivity index (χ0) is 12.3. The summed E-state index contributed by atoms with van der Waals surface area (Å²) < 4.78 is 4.64. The number of carbonyl (C=O) groups excluding carboxylic acids is 1. The molecule has 0 fully saturated rings. The zero-order valence-electron chi connectivity index (χ0n) is 8.06. The number of nitriles is 1. The summed E-state index contributed by atoms with van der Waals surface area (Å²) in [6.45, 7) is 0. The van der Waals surface area contributed by atoms with Gasteiger partial charge in [-0.25, -0.2) is 4.79 Å². The molecular formula is C9H5IN2O4. The van der Waals surface area contributed by atoms with Crippen molar-refractivity contribution in [2.45, 2.75) is 0 Å². The fourth-order valence-electron chi connectivity index (χ4n) is 1.07. The molecule has 0 aliphatic heterocycles. The molecule has 1 aromatic carbocycles. The number of ether oxygens (including phenoxy) is 1. The number of halogens is 1. The van der Waals surface area contributed by atoms with Gasteiger partial charge in [0.1, 0.15) is 3.57 Å². The molecular weight excluding hydrogens is 327 g/mol. The van der Waals surface area contributed by atoms with Gasteiger partial charge in [-0.2, -0.15) is 5.26 Å². The van der Waals surface area contributed by atoms with E-state index < -0.39 is 10.9 Å². The lowest BCUT2D eigenvalue weighted by Crippen LogP contribution is -2.06. The highest BCUT2D eigenvalue weighted by molar-refractivity contribution is 14.1. The minimum absolute atomic E-state index is 0.0221. The molecule has 0 saturated carbocycles. The maximum Gasteiger partial charge on any atom is 0.339 e. The Morgan fingerprint density at radius 3 is 2.69 bits per heavy atom. The lowest BCUT2D eigenvalue weighted by Gasteiger charge is -2.03. The van der Waals surface area contributed by atoms with Crippen LogP contribution in [0, 0.1) is 25.0 Å². The maximum absolute atomic E-state index is 11.3. The van der Waals surface area contributed by atoms with E-state index in [9.17, 15) is 14.9 Å². The molecule has 16 heavy (non-hydrogen) atoms. The first-order valence-corrected chi connectivity index (χ1v) is 5.05. The van der Waals surface area contributed by atoms with Crippen LogP contribution in [0.25, 0.3) is 0 Å². The van der Waals surface area contributed by atoms with Crippen molar-refractivity contribution in [2.75, 3.05) is 7.11 Å². The number of nitro benzene ring substituents is 1. The fraction of sp³-hybridized carbons (Fsp3) is 0.111. The Balaban J connectivity index is 3.50. The van der Waals surface area contributed by atoms with Crippen LogP contribution in [0.15, 0.2) is 12.1 Å². The average molecular weight is 332 g/mol. The van der Waals surface area contributed by atoms with Crippen molar-refractivity contribution in [3.8, 4) is 6.07 Å². The minimum atomic E-state index is -0.704. The van der Waals surface area contributed by atoms with Crippen LogP contribution in [-0.4, -0.2) is 18.0 Å². The lowest BCUT2D eigenvalue weighted by atomic mass is 10.1. The van der Waals surface area contributed by atoms with E-state index in [0.717, 1.165) is 6.07 Å². The molecule has 1 rings (SSSR count). The number of hydrogen-bond acceptors (Lipinski definition) is 5. The Bertz CT molecular complexity index is 507. The van der Waals surface area contributed by atoms with E-state index in [0.29, 0.717) is 0 Å². The number of nitrogens with zero attached hydrogens (tertiary/aromatic N) is 2. The molecule has 0 saturated heterocycles. The maximum atomic E-state index is 11.3. The second-order valence-electron chi connectivity index (χ2n) is 2.72. The smallest absolute Gasteiger partial charge is 0.339 e. The van der Waals surface area contributed by atoms with Gasteiger partial charge in [0.15, 0.2) is 0 Å². The summed E-state index contributed by atoms with van der Waals surface area (Å²) in [5, 5.41) is 19.4. The predicted molar refractivity (Wildman–Crippen MR) is 61.9 cm³/mol. The van der Waals surface area contributed by atoms with Crippen molar-refractivity contribution in [2.24, 2.45) is 0 Å². The van der Waals surface area contributed by atoms with Gasteiger partial charge in [0.05, 0.1) is 29.2 Å². The molecule has 0 aliphatic rings. The topological polar surface area (TPSA) is 93.2 Å². The van der Waals surface area contributed by atoms with Gasteiger partial charge in [0.2, 0.25) is 0 Å². The van der Waals surface area contributed by atoms with Crippen LogP contribution in [0.4, 0.5) is 5.69 Å². The Hall–Kier alpha value is -1.69. The van der Waals surface area contributed by atoms with Gasteiger partial charge >= 0.3 is 5.97 Å². The van der Waals surface area contributed by atoms with Crippen LogP contribution >= 0.6 is 22.6 Å². The van der Waals surface area contributed by atoms with Crippen LogP contribution in [0.5, 0.6) is 0 Å². The van der Waals surface area contributed by atoms with Crippen LogP contribution in [0.1, 0.15) is 15.9 Å². The van der Waals surface area contributed by atoms with E-state index >= 15 is 0 Å². The number of esters is 1. The molecule has 7 heteroatoms.